The molecule has 1 saturated heterocycles. The van der Waals surface area contributed by atoms with Gasteiger partial charge in [-0.25, -0.2) is 10.9 Å². The molecule has 0 saturated carbocycles. The second-order valence-corrected chi connectivity index (χ2v) is 4.52. The zero-order valence-electron chi connectivity index (χ0n) is 9.40. The molecule has 1 aromatic carbocycles. The molecule has 94 valence electrons. The standard InChI is InChI=1S/C11H12ClN5O/c12-7-1-2-9-8(5-7)10(18)3-4-17(9)6-11-13-15-16-14-11/h1-5,11,13-16H,6H2. The van der Waals surface area contributed by atoms with Gasteiger partial charge in [0.25, 0.3) is 0 Å². The number of nitrogens with zero attached hydrogens (tertiary/aromatic N) is 1. The van der Waals surface area contributed by atoms with Crippen LogP contribution in [0.4, 0.5) is 0 Å². The zero-order chi connectivity index (χ0) is 12.5. The molecule has 0 radical (unpaired) electrons. The molecule has 0 aliphatic carbocycles. The van der Waals surface area contributed by atoms with Crippen molar-refractivity contribution in [2.45, 2.75) is 12.7 Å². The molecule has 18 heavy (non-hydrogen) atoms. The summed E-state index contributed by atoms with van der Waals surface area (Å²) in [5, 5.41) is 1.20. The number of halogens is 1. The van der Waals surface area contributed by atoms with Crippen LogP contribution in [-0.2, 0) is 6.54 Å². The number of rotatable bonds is 2. The summed E-state index contributed by atoms with van der Waals surface area (Å²) in [5.41, 5.74) is 12.3. The lowest BCUT2D eigenvalue weighted by atomic mass is 10.2. The Hall–Kier alpha value is -1.44. The number of pyridine rings is 1. The van der Waals surface area contributed by atoms with Gasteiger partial charge in [-0.15, -0.1) is 0 Å². The minimum Gasteiger partial charge on any atom is -0.344 e. The van der Waals surface area contributed by atoms with Crippen molar-refractivity contribution in [2.75, 3.05) is 0 Å². The molecule has 4 N–H and O–H groups in total. The van der Waals surface area contributed by atoms with E-state index in [1.165, 1.54) is 0 Å². The van der Waals surface area contributed by atoms with Crippen LogP contribution < -0.4 is 27.3 Å². The van der Waals surface area contributed by atoms with Gasteiger partial charge in [0.2, 0.25) is 0 Å². The first-order valence-electron chi connectivity index (χ1n) is 5.54. The average molecular weight is 266 g/mol. The van der Waals surface area contributed by atoms with Crippen molar-refractivity contribution in [3.63, 3.8) is 0 Å². The monoisotopic (exact) mass is 265 g/mol. The van der Waals surface area contributed by atoms with Crippen molar-refractivity contribution in [1.82, 2.24) is 26.5 Å². The molecule has 7 heteroatoms. The topological polar surface area (TPSA) is 70.1 Å². The van der Waals surface area contributed by atoms with E-state index < -0.39 is 0 Å². The van der Waals surface area contributed by atoms with Crippen LogP contribution in [0.3, 0.4) is 0 Å². The number of hydrazine groups is 3. The van der Waals surface area contributed by atoms with Crippen LogP contribution >= 0.6 is 11.6 Å². The molecule has 6 nitrogen and oxygen atoms in total. The van der Waals surface area contributed by atoms with E-state index in [1.807, 2.05) is 10.6 Å². The van der Waals surface area contributed by atoms with Crippen molar-refractivity contribution >= 4 is 22.5 Å². The minimum atomic E-state index is -0.0210. The van der Waals surface area contributed by atoms with Gasteiger partial charge in [0, 0.05) is 22.7 Å². The molecule has 1 aliphatic rings. The van der Waals surface area contributed by atoms with Crippen molar-refractivity contribution in [3.8, 4) is 0 Å². The van der Waals surface area contributed by atoms with Crippen molar-refractivity contribution in [3.05, 3.63) is 45.7 Å². The van der Waals surface area contributed by atoms with Gasteiger partial charge in [-0.1, -0.05) is 11.6 Å². The molecular formula is C11H12ClN5O. The summed E-state index contributed by atoms with van der Waals surface area (Å²) in [6, 6.07) is 6.89. The number of hydrogen-bond donors (Lipinski definition) is 4. The smallest absolute Gasteiger partial charge is 0.189 e. The summed E-state index contributed by atoms with van der Waals surface area (Å²) in [5.74, 6) is 0. The molecule has 0 unspecified atom stereocenters. The molecule has 2 heterocycles. The highest BCUT2D eigenvalue weighted by atomic mass is 35.5. The third-order valence-electron chi connectivity index (χ3n) is 2.87. The van der Waals surface area contributed by atoms with Crippen LogP contribution in [0.5, 0.6) is 0 Å². The highest BCUT2D eigenvalue weighted by Crippen LogP contribution is 2.16. The predicted molar refractivity (Wildman–Crippen MR) is 69.5 cm³/mol. The van der Waals surface area contributed by atoms with Crippen LogP contribution in [0.15, 0.2) is 35.3 Å². The van der Waals surface area contributed by atoms with Gasteiger partial charge >= 0.3 is 0 Å². The molecule has 1 aromatic heterocycles. The Labute approximate surface area is 108 Å². The van der Waals surface area contributed by atoms with Crippen LogP contribution in [0.2, 0.25) is 5.02 Å². The molecule has 1 fully saturated rings. The Morgan fingerprint density at radius 1 is 1.22 bits per heavy atom. The fraction of sp³-hybridized carbons (Fsp3) is 0.182. The summed E-state index contributed by atoms with van der Waals surface area (Å²) in [7, 11) is 0. The quantitative estimate of drug-likeness (QED) is 0.620. The summed E-state index contributed by atoms with van der Waals surface area (Å²) >= 11 is 5.92. The maximum Gasteiger partial charge on any atom is 0.189 e. The third kappa shape index (κ3) is 2.12. The van der Waals surface area contributed by atoms with Gasteiger partial charge in [-0.2, -0.15) is 11.1 Å². The van der Waals surface area contributed by atoms with Crippen molar-refractivity contribution in [2.24, 2.45) is 0 Å². The minimum absolute atomic E-state index is 0.0210. The summed E-state index contributed by atoms with van der Waals surface area (Å²) in [6.45, 7) is 0.665. The van der Waals surface area contributed by atoms with Crippen molar-refractivity contribution < 1.29 is 0 Å². The number of hydrogen-bond acceptors (Lipinski definition) is 5. The van der Waals surface area contributed by atoms with Gasteiger partial charge in [0.05, 0.1) is 12.1 Å². The number of fused-ring (bicyclic) bond motifs is 1. The molecule has 2 aromatic rings. The Bertz CT molecular complexity index is 635. The van der Waals surface area contributed by atoms with Crippen LogP contribution in [0.1, 0.15) is 0 Å². The highest BCUT2D eigenvalue weighted by Gasteiger charge is 2.13. The number of benzene rings is 1. The van der Waals surface area contributed by atoms with Crippen LogP contribution in [-0.4, -0.2) is 10.7 Å². The summed E-state index contributed by atoms with van der Waals surface area (Å²) < 4.78 is 1.99. The van der Waals surface area contributed by atoms with Crippen LogP contribution in [0.25, 0.3) is 10.9 Å². The molecule has 3 rings (SSSR count). The molecule has 0 amide bonds. The van der Waals surface area contributed by atoms with Gasteiger partial charge in [0.15, 0.2) is 5.43 Å². The summed E-state index contributed by atoms with van der Waals surface area (Å²) in [4.78, 5) is 11.8. The highest BCUT2D eigenvalue weighted by molar-refractivity contribution is 6.31. The lowest BCUT2D eigenvalue weighted by Crippen LogP contribution is -2.38. The van der Waals surface area contributed by atoms with Gasteiger partial charge in [-0.3, -0.25) is 4.79 Å². The van der Waals surface area contributed by atoms with E-state index in [0.717, 1.165) is 5.52 Å². The third-order valence-corrected chi connectivity index (χ3v) is 3.11. The normalized spacial score (nSPS) is 16.5. The Morgan fingerprint density at radius 2 is 2.00 bits per heavy atom. The van der Waals surface area contributed by atoms with E-state index in [2.05, 4.69) is 21.9 Å². The Kier molecular flexibility index (Phi) is 3.02. The van der Waals surface area contributed by atoms with E-state index in [0.29, 0.717) is 17.0 Å². The number of nitrogens with one attached hydrogen (secondary N) is 4. The molecule has 0 spiro atoms. The maximum absolute atomic E-state index is 11.8. The molecule has 0 atom stereocenters. The van der Waals surface area contributed by atoms with Gasteiger partial charge in [0.1, 0.15) is 6.17 Å². The van der Waals surface area contributed by atoms with Gasteiger partial charge in [-0.05, 0) is 18.2 Å². The van der Waals surface area contributed by atoms with E-state index in [9.17, 15) is 4.79 Å². The van der Waals surface area contributed by atoms with Crippen LogP contribution in [0, 0.1) is 0 Å². The number of aromatic nitrogens is 1. The largest absolute Gasteiger partial charge is 0.344 e. The molecule has 0 bridgehead atoms. The van der Waals surface area contributed by atoms with E-state index >= 15 is 0 Å². The first-order chi connectivity index (χ1) is 8.74. The maximum atomic E-state index is 11.8. The Balaban J connectivity index is 2.06. The average Bonchev–Trinajstić information content (AvgIpc) is 2.86. The first kappa shape index (κ1) is 11.6. The zero-order valence-corrected chi connectivity index (χ0v) is 10.2. The molecule has 1 aliphatic heterocycles. The second-order valence-electron chi connectivity index (χ2n) is 4.09. The fourth-order valence-corrected chi connectivity index (χ4v) is 2.19. The lowest BCUT2D eigenvalue weighted by Gasteiger charge is -2.14. The predicted octanol–water partition coefficient (Wildman–Crippen LogP) is 0.0980. The van der Waals surface area contributed by atoms with E-state index in [1.54, 1.807) is 24.4 Å². The van der Waals surface area contributed by atoms with E-state index in [4.69, 9.17) is 11.6 Å². The fourth-order valence-electron chi connectivity index (χ4n) is 2.01. The first-order valence-corrected chi connectivity index (χ1v) is 5.91. The second kappa shape index (κ2) is 4.68. The van der Waals surface area contributed by atoms with Crippen molar-refractivity contribution in [1.29, 1.82) is 0 Å². The molecular weight excluding hydrogens is 254 g/mol. The van der Waals surface area contributed by atoms with Gasteiger partial charge < -0.3 is 4.57 Å². The lowest BCUT2D eigenvalue weighted by molar-refractivity contribution is 0.457. The summed E-state index contributed by atoms with van der Waals surface area (Å²) in [6.07, 6.45) is 1.81. The Morgan fingerprint density at radius 3 is 2.78 bits per heavy atom. The van der Waals surface area contributed by atoms with E-state index in [-0.39, 0.29) is 11.6 Å². The SMILES string of the molecule is O=c1ccn(CC2NNNN2)c2ccc(Cl)cc12.